The van der Waals surface area contributed by atoms with E-state index in [4.69, 9.17) is 0 Å². The predicted octanol–water partition coefficient (Wildman–Crippen LogP) is 0.253. The maximum absolute atomic E-state index is 10.6. The summed E-state index contributed by atoms with van der Waals surface area (Å²) < 4.78 is 4.49. The molecule has 0 saturated carbocycles. The Morgan fingerprint density at radius 3 is 3.11 bits per heavy atom. The Hall–Kier alpha value is -0.272. The van der Waals surface area contributed by atoms with Crippen molar-refractivity contribution >= 4 is 34.5 Å². The van der Waals surface area contributed by atoms with Crippen molar-refractivity contribution in [2.24, 2.45) is 0 Å². The van der Waals surface area contributed by atoms with Crippen LogP contribution in [0.3, 0.4) is 0 Å². The van der Waals surface area contributed by atoms with E-state index < -0.39 is 0 Å². The molecule has 1 unspecified atom stereocenters. The topological polar surface area (TPSA) is 26.3 Å². The fraction of sp³-hybridized carbons (Fsp3) is 0. The number of hydrogen-bond donors (Lipinski definition) is 0. The van der Waals surface area contributed by atoms with E-state index in [0.29, 0.717) is 5.56 Å². The summed E-state index contributed by atoms with van der Waals surface area (Å²) in [4.78, 5) is 10.6. The van der Waals surface area contributed by atoms with Crippen molar-refractivity contribution in [3.05, 3.63) is 22.4 Å². The molecule has 47 valence electrons. The minimum absolute atomic E-state index is 0.295. The van der Waals surface area contributed by atoms with Gasteiger partial charge in [0.1, 0.15) is 0 Å². The van der Waals surface area contributed by atoms with Crippen molar-refractivity contribution in [1.82, 2.24) is 0 Å². The Kier molecular flexibility index (Phi) is 2.31. The minimum atomic E-state index is -0.295. The first kappa shape index (κ1) is 6.84. The van der Waals surface area contributed by atoms with Crippen LogP contribution in [0.5, 0.6) is 0 Å². The van der Waals surface area contributed by atoms with Gasteiger partial charge in [-0.2, -0.15) is 0 Å². The van der Waals surface area contributed by atoms with Gasteiger partial charge in [-0.15, -0.1) is 0 Å². The molecule has 1 heterocycles. The Morgan fingerprint density at radius 2 is 2.67 bits per heavy atom. The molecule has 1 aromatic heterocycles. The van der Waals surface area contributed by atoms with Crippen LogP contribution in [0.25, 0.3) is 0 Å². The standard InChI is InChI=1S/C5H4AsO2S/c6-8-5(7)4-1-2-9-3-4/h1-2H,6H2. The molecule has 0 amide bonds. The van der Waals surface area contributed by atoms with E-state index in [1.807, 2.05) is 0 Å². The average Bonchev–Trinajstić information content (AvgIpc) is 2.37. The summed E-state index contributed by atoms with van der Waals surface area (Å²) in [5.41, 5.74) is 0.518. The van der Waals surface area contributed by atoms with E-state index in [1.54, 1.807) is 11.4 Å². The van der Waals surface area contributed by atoms with Gasteiger partial charge < -0.3 is 0 Å². The molecule has 1 atom stereocenters. The normalized spacial score (nSPS) is 9.00. The Morgan fingerprint density at radius 1 is 1.89 bits per heavy atom. The van der Waals surface area contributed by atoms with Crippen LogP contribution in [0.4, 0.5) is 0 Å². The van der Waals surface area contributed by atoms with Crippen molar-refractivity contribution in [3.8, 4) is 0 Å². The van der Waals surface area contributed by atoms with Crippen LogP contribution in [-0.2, 0) is 3.73 Å². The van der Waals surface area contributed by atoms with Gasteiger partial charge in [-0.05, 0) is 0 Å². The first-order valence-electron chi connectivity index (χ1n) is 2.21. The van der Waals surface area contributed by atoms with Crippen molar-refractivity contribution in [2.45, 2.75) is 0 Å². The first-order chi connectivity index (χ1) is 4.34. The van der Waals surface area contributed by atoms with Crippen molar-refractivity contribution in [3.63, 3.8) is 0 Å². The summed E-state index contributed by atoms with van der Waals surface area (Å²) in [5, 5.41) is 4.56. The summed E-state index contributed by atoms with van der Waals surface area (Å²) in [5.74, 6) is -0.295. The van der Waals surface area contributed by atoms with E-state index in [-0.39, 0.29) is 5.97 Å². The van der Waals surface area contributed by atoms with Gasteiger partial charge in [0, 0.05) is 0 Å². The molecule has 1 rings (SSSR count). The molecule has 0 aliphatic rings. The van der Waals surface area contributed by atoms with Crippen LogP contribution >= 0.6 is 11.3 Å². The van der Waals surface area contributed by atoms with Gasteiger partial charge in [0.05, 0.1) is 0 Å². The van der Waals surface area contributed by atoms with Crippen LogP contribution in [0.15, 0.2) is 11.4 Å². The number of carbonyl (C=O) groups is 1. The van der Waals surface area contributed by atoms with E-state index in [9.17, 15) is 4.79 Å². The molecule has 4 heteroatoms. The second-order valence-corrected chi connectivity index (χ2v) is 2.55. The SMILES string of the molecule is O=C(O[AsH2])c1[c]scc1. The summed E-state index contributed by atoms with van der Waals surface area (Å²) >= 11 is 2.31. The van der Waals surface area contributed by atoms with Gasteiger partial charge in [0.2, 0.25) is 0 Å². The average molecular weight is 203 g/mol. The fourth-order valence-electron chi connectivity index (χ4n) is 0.407. The van der Waals surface area contributed by atoms with Crippen LogP contribution in [0.2, 0.25) is 0 Å². The van der Waals surface area contributed by atoms with Gasteiger partial charge in [-0.1, -0.05) is 0 Å². The third-order valence-corrected chi connectivity index (χ3v) is 1.86. The van der Waals surface area contributed by atoms with Crippen LogP contribution in [-0.4, -0.2) is 23.2 Å². The second-order valence-electron chi connectivity index (χ2n) is 1.34. The van der Waals surface area contributed by atoms with Crippen LogP contribution in [0, 0.1) is 5.38 Å². The van der Waals surface area contributed by atoms with Crippen LogP contribution in [0.1, 0.15) is 10.4 Å². The van der Waals surface area contributed by atoms with Crippen molar-refractivity contribution in [2.75, 3.05) is 0 Å². The third kappa shape index (κ3) is 1.57. The molecule has 2 nitrogen and oxygen atoms in total. The van der Waals surface area contributed by atoms with Gasteiger partial charge in [0.15, 0.2) is 0 Å². The molecule has 0 fully saturated rings. The molecule has 0 aromatic carbocycles. The zero-order valence-corrected chi connectivity index (χ0v) is 7.70. The molecule has 1 aromatic rings. The molecular formula is C5H4AsO2S. The summed E-state index contributed by atoms with van der Waals surface area (Å²) in [6.45, 7) is 0. The molecule has 0 N–H and O–H groups in total. The molecule has 0 saturated heterocycles. The van der Waals surface area contributed by atoms with E-state index in [2.05, 4.69) is 9.11 Å². The molecule has 9 heavy (non-hydrogen) atoms. The summed E-state index contributed by atoms with van der Waals surface area (Å²) in [7, 11) is 0. The Bertz CT molecular complexity index is 195. The van der Waals surface area contributed by atoms with Gasteiger partial charge in [-0.25, -0.2) is 0 Å². The molecular weight excluding hydrogens is 199 g/mol. The number of thiophene rings is 1. The fourth-order valence-corrected chi connectivity index (χ4v) is 1.22. The number of hydrogen-bond acceptors (Lipinski definition) is 3. The van der Waals surface area contributed by atoms with E-state index in [0.717, 1.165) is 17.2 Å². The quantitative estimate of drug-likeness (QED) is 0.611. The van der Waals surface area contributed by atoms with Crippen molar-refractivity contribution < 1.29 is 8.52 Å². The number of carbonyl (C=O) groups excluding carboxylic acids is 1. The van der Waals surface area contributed by atoms with E-state index in [1.165, 1.54) is 11.3 Å². The number of rotatable bonds is 1. The van der Waals surface area contributed by atoms with E-state index >= 15 is 0 Å². The predicted molar refractivity (Wildman–Crippen MR) is 37.1 cm³/mol. The summed E-state index contributed by atoms with van der Waals surface area (Å²) in [6, 6.07) is 1.69. The zero-order chi connectivity index (χ0) is 6.69. The van der Waals surface area contributed by atoms with Gasteiger partial charge >= 0.3 is 65.4 Å². The maximum atomic E-state index is 10.6. The Balaban J connectivity index is 2.77. The molecule has 0 aliphatic heterocycles. The third-order valence-electron chi connectivity index (χ3n) is 0.799. The second kappa shape index (κ2) is 3.04. The summed E-state index contributed by atoms with van der Waals surface area (Å²) in [6.07, 6.45) is 0. The zero-order valence-electron chi connectivity index (χ0n) is 4.46. The van der Waals surface area contributed by atoms with Crippen molar-refractivity contribution in [1.29, 1.82) is 0 Å². The van der Waals surface area contributed by atoms with Crippen LogP contribution < -0.4 is 0 Å². The monoisotopic (exact) mass is 203 g/mol. The molecule has 0 bridgehead atoms. The first-order valence-corrected chi connectivity index (χ1v) is 4.07. The van der Waals surface area contributed by atoms with Gasteiger partial charge in [0.25, 0.3) is 0 Å². The Labute approximate surface area is 65.7 Å². The molecule has 0 aliphatic carbocycles. The van der Waals surface area contributed by atoms with Gasteiger partial charge in [-0.3, -0.25) is 0 Å². The molecule has 0 spiro atoms. The molecule has 1 radical (unpaired) electrons.